The van der Waals surface area contributed by atoms with Gasteiger partial charge in [0.2, 0.25) is 0 Å². The van der Waals surface area contributed by atoms with Crippen molar-refractivity contribution in [2.45, 2.75) is 66.3 Å². The zero-order chi connectivity index (χ0) is 14.4. The molecule has 19 heavy (non-hydrogen) atoms. The molecule has 1 N–H and O–H groups in total. The van der Waals surface area contributed by atoms with E-state index in [1.807, 2.05) is 0 Å². The third-order valence-electron chi connectivity index (χ3n) is 3.33. The van der Waals surface area contributed by atoms with Crippen molar-refractivity contribution < 1.29 is 0 Å². The molecule has 3 heteroatoms. The molecule has 1 heterocycles. The zero-order valence-electron chi connectivity index (χ0n) is 13.3. The Kier molecular flexibility index (Phi) is 6.43. The fourth-order valence-electron chi connectivity index (χ4n) is 2.12. The Morgan fingerprint density at radius 3 is 2.37 bits per heavy atom. The molecular weight excluding hydrogens is 234 g/mol. The van der Waals surface area contributed by atoms with Gasteiger partial charge in [-0.25, -0.2) is 9.97 Å². The van der Waals surface area contributed by atoms with E-state index in [4.69, 9.17) is 4.98 Å². The fourth-order valence-corrected chi connectivity index (χ4v) is 2.12. The van der Waals surface area contributed by atoms with Gasteiger partial charge < -0.3 is 5.32 Å². The molecule has 0 spiro atoms. The first kappa shape index (κ1) is 16.1. The van der Waals surface area contributed by atoms with Crippen LogP contribution in [0.4, 0.5) is 0 Å². The number of rotatable bonds is 7. The van der Waals surface area contributed by atoms with Gasteiger partial charge in [0.05, 0.1) is 0 Å². The van der Waals surface area contributed by atoms with Crippen molar-refractivity contribution in [1.82, 2.24) is 15.3 Å². The van der Waals surface area contributed by atoms with E-state index in [0.717, 1.165) is 24.5 Å². The molecule has 108 valence electrons. The van der Waals surface area contributed by atoms with Crippen molar-refractivity contribution in [2.75, 3.05) is 6.54 Å². The minimum Gasteiger partial charge on any atom is -0.313 e. The van der Waals surface area contributed by atoms with Crippen molar-refractivity contribution in [3.63, 3.8) is 0 Å². The van der Waals surface area contributed by atoms with Crippen LogP contribution in [-0.2, 0) is 6.42 Å². The molecule has 0 radical (unpaired) electrons. The Morgan fingerprint density at radius 2 is 1.84 bits per heavy atom. The highest BCUT2D eigenvalue weighted by molar-refractivity contribution is 5.13. The first-order valence-corrected chi connectivity index (χ1v) is 7.51. The summed E-state index contributed by atoms with van der Waals surface area (Å²) in [6, 6.07) is 2.61. The van der Waals surface area contributed by atoms with E-state index in [0.29, 0.717) is 17.9 Å². The van der Waals surface area contributed by atoms with Crippen LogP contribution in [0.1, 0.15) is 64.2 Å². The predicted octanol–water partition coefficient (Wildman–Crippen LogP) is 3.48. The van der Waals surface area contributed by atoms with Crippen LogP contribution < -0.4 is 5.32 Å². The second-order valence-electron chi connectivity index (χ2n) is 6.02. The van der Waals surface area contributed by atoms with Gasteiger partial charge in [0.15, 0.2) is 0 Å². The molecule has 1 atom stereocenters. The summed E-state index contributed by atoms with van der Waals surface area (Å²) in [4.78, 5) is 9.23. The van der Waals surface area contributed by atoms with Crippen molar-refractivity contribution >= 4 is 0 Å². The normalized spacial score (nSPS) is 13.3. The molecule has 0 saturated heterocycles. The molecule has 1 rings (SSSR count). The molecule has 0 aliphatic carbocycles. The van der Waals surface area contributed by atoms with E-state index in [1.54, 1.807) is 0 Å². The van der Waals surface area contributed by atoms with Crippen LogP contribution in [0.5, 0.6) is 0 Å². The van der Waals surface area contributed by atoms with Gasteiger partial charge in [0.25, 0.3) is 0 Å². The first-order chi connectivity index (χ1) is 8.93. The van der Waals surface area contributed by atoms with Gasteiger partial charge >= 0.3 is 0 Å². The monoisotopic (exact) mass is 263 g/mol. The van der Waals surface area contributed by atoms with Gasteiger partial charge in [-0.05, 0) is 31.9 Å². The SMILES string of the molecule is CCCNC(Cc1cc(C)nc(C(C)C)n1)C(C)C. The summed E-state index contributed by atoms with van der Waals surface area (Å²) in [5.41, 5.74) is 2.24. The van der Waals surface area contributed by atoms with E-state index >= 15 is 0 Å². The van der Waals surface area contributed by atoms with Crippen molar-refractivity contribution in [3.05, 3.63) is 23.3 Å². The summed E-state index contributed by atoms with van der Waals surface area (Å²) >= 11 is 0. The maximum Gasteiger partial charge on any atom is 0.131 e. The minimum absolute atomic E-state index is 0.389. The largest absolute Gasteiger partial charge is 0.313 e. The number of nitrogens with zero attached hydrogens (tertiary/aromatic N) is 2. The van der Waals surface area contributed by atoms with Crippen LogP contribution in [0.25, 0.3) is 0 Å². The van der Waals surface area contributed by atoms with Crippen molar-refractivity contribution in [3.8, 4) is 0 Å². The van der Waals surface area contributed by atoms with E-state index in [9.17, 15) is 0 Å². The lowest BCUT2D eigenvalue weighted by Crippen LogP contribution is -2.36. The van der Waals surface area contributed by atoms with Gasteiger partial charge in [-0.3, -0.25) is 0 Å². The Hall–Kier alpha value is -0.960. The summed E-state index contributed by atoms with van der Waals surface area (Å²) in [5, 5.41) is 3.63. The minimum atomic E-state index is 0.389. The third-order valence-corrected chi connectivity index (χ3v) is 3.33. The summed E-state index contributed by atoms with van der Waals surface area (Å²) in [6.07, 6.45) is 2.16. The molecule has 0 aromatic carbocycles. The molecule has 0 fully saturated rings. The Labute approximate surface area is 118 Å². The lowest BCUT2D eigenvalue weighted by molar-refractivity contribution is 0.394. The molecule has 1 unspecified atom stereocenters. The molecule has 0 bridgehead atoms. The molecule has 1 aromatic rings. The van der Waals surface area contributed by atoms with Crippen LogP contribution >= 0.6 is 0 Å². The number of nitrogens with one attached hydrogen (secondary N) is 1. The van der Waals surface area contributed by atoms with E-state index in [2.05, 4.69) is 57.9 Å². The van der Waals surface area contributed by atoms with Crippen molar-refractivity contribution in [2.24, 2.45) is 5.92 Å². The summed E-state index contributed by atoms with van der Waals surface area (Å²) in [7, 11) is 0. The molecule has 0 aliphatic rings. The molecule has 3 nitrogen and oxygen atoms in total. The molecule has 0 amide bonds. The lowest BCUT2D eigenvalue weighted by atomic mass is 9.98. The average molecular weight is 263 g/mol. The molecular formula is C16H29N3. The molecule has 0 saturated carbocycles. The summed E-state index contributed by atoms with van der Waals surface area (Å²) in [6.45, 7) is 14.2. The highest BCUT2D eigenvalue weighted by atomic mass is 14.9. The van der Waals surface area contributed by atoms with Crippen LogP contribution in [0.3, 0.4) is 0 Å². The van der Waals surface area contributed by atoms with Crippen LogP contribution in [0.15, 0.2) is 6.07 Å². The Morgan fingerprint density at radius 1 is 1.16 bits per heavy atom. The Bertz CT molecular complexity index is 386. The van der Waals surface area contributed by atoms with Gasteiger partial charge in [-0.2, -0.15) is 0 Å². The van der Waals surface area contributed by atoms with Gasteiger partial charge in [0, 0.05) is 29.8 Å². The highest BCUT2D eigenvalue weighted by Gasteiger charge is 2.15. The van der Waals surface area contributed by atoms with Crippen molar-refractivity contribution in [1.29, 1.82) is 0 Å². The maximum absolute atomic E-state index is 4.71. The molecule has 0 aliphatic heterocycles. The van der Waals surface area contributed by atoms with E-state index in [1.165, 1.54) is 12.1 Å². The van der Waals surface area contributed by atoms with Gasteiger partial charge in [-0.15, -0.1) is 0 Å². The topological polar surface area (TPSA) is 37.8 Å². The second kappa shape index (κ2) is 7.59. The number of aryl methyl sites for hydroxylation is 1. The summed E-state index contributed by atoms with van der Waals surface area (Å²) in [5.74, 6) is 1.97. The summed E-state index contributed by atoms with van der Waals surface area (Å²) < 4.78 is 0. The highest BCUT2D eigenvalue weighted by Crippen LogP contribution is 2.14. The Balaban J connectivity index is 2.83. The fraction of sp³-hybridized carbons (Fsp3) is 0.750. The van der Waals surface area contributed by atoms with Gasteiger partial charge in [-0.1, -0.05) is 34.6 Å². The third kappa shape index (κ3) is 5.27. The predicted molar refractivity (Wildman–Crippen MR) is 81.5 cm³/mol. The van der Waals surface area contributed by atoms with Gasteiger partial charge in [0.1, 0.15) is 5.82 Å². The van der Waals surface area contributed by atoms with E-state index in [-0.39, 0.29) is 0 Å². The quantitative estimate of drug-likeness (QED) is 0.818. The lowest BCUT2D eigenvalue weighted by Gasteiger charge is -2.22. The first-order valence-electron chi connectivity index (χ1n) is 7.51. The average Bonchev–Trinajstić information content (AvgIpc) is 2.33. The van der Waals surface area contributed by atoms with Crippen LogP contribution in [0.2, 0.25) is 0 Å². The number of aromatic nitrogens is 2. The van der Waals surface area contributed by atoms with Crippen LogP contribution in [-0.4, -0.2) is 22.6 Å². The second-order valence-corrected chi connectivity index (χ2v) is 6.02. The molecule has 1 aromatic heterocycles. The standard InChI is InChI=1S/C16H29N3/c1-7-8-17-15(11(2)3)10-14-9-13(6)18-16(19-14)12(4)5/h9,11-12,15,17H,7-8,10H2,1-6H3. The smallest absolute Gasteiger partial charge is 0.131 e. The zero-order valence-corrected chi connectivity index (χ0v) is 13.3. The maximum atomic E-state index is 4.71. The van der Waals surface area contributed by atoms with Crippen LogP contribution in [0, 0.1) is 12.8 Å². The number of hydrogen-bond donors (Lipinski definition) is 1. The number of hydrogen-bond acceptors (Lipinski definition) is 3. The van der Waals surface area contributed by atoms with E-state index < -0.39 is 0 Å².